The molecule has 2 heterocycles. The van der Waals surface area contributed by atoms with Crippen LogP contribution in [0.3, 0.4) is 0 Å². The molecule has 2 rings (SSSR count). The van der Waals surface area contributed by atoms with Gasteiger partial charge in [-0.05, 0) is 26.1 Å². The maximum atomic E-state index is 11.5. The number of anilines is 1. The predicted octanol–water partition coefficient (Wildman–Crippen LogP) is 1.41. The number of thiazole rings is 1. The Labute approximate surface area is 122 Å². The van der Waals surface area contributed by atoms with Crippen LogP contribution in [0.25, 0.3) is 0 Å². The zero-order chi connectivity index (χ0) is 14.6. The van der Waals surface area contributed by atoms with Gasteiger partial charge in [-0.15, -0.1) is 11.3 Å². The van der Waals surface area contributed by atoms with Crippen molar-refractivity contribution in [2.24, 2.45) is 0 Å². The Hall–Kier alpha value is -1.51. The van der Waals surface area contributed by atoms with Gasteiger partial charge in [-0.25, -0.2) is 23.1 Å². The summed E-state index contributed by atoms with van der Waals surface area (Å²) in [6, 6.07) is 3.17. The largest absolute Gasteiger partial charge is 0.370 e. The van der Waals surface area contributed by atoms with Crippen LogP contribution < -0.4 is 10.0 Å². The van der Waals surface area contributed by atoms with Gasteiger partial charge in [-0.3, -0.25) is 0 Å². The first-order valence-corrected chi connectivity index (χ1v) is 8.36. The Morgan fingerprint density at radius 2 is 2.05 bits per heavy atom. The molecule has 0 aliphatic rings. The molecule has 6 nitrogen and oxygen atoms in total. The van der Waals surface area contributed by atoms with Gasteiger partial charge in [-0.2, -0.15) is 0 Å². The van der Waals surface area contributed by atoms with Gasteiger partial charge in [0.05, 0.1) is 5.01 Å². The molecule has 2 N–H and O–H groups in total. The summed E-state index contributed by atoms with van der Waals surface area (Å²) in [6.45, 7) is 2.73. The standard InChI is InChI=1S/C12H16N4O2S2/c1-9-7-16-12(19-9)5-6-14-11-4-3-10(8-15-11)20(17,18)13-2/h3-4,7-8,13H,5-6H2,1-2H3,(H,14,15). The van der Waals surface area contributed by atoms with Crippen molar-refractivity contribution >= 4 is 27.2 Å². The summed E-state index contributed by atoms with van der Waals surface area (Å²) in [5.41, 5.74) is 0. The quantitative estimate of drug-likeness (QED) is 0.842. The zero-order valence-electron chi connectivity index (χ0n) is 11.3. The summed E-state index contributed by atoms with van der Waals surface area (Å²) < 4.78 is 25.3. The first-order valence-electron chi connectivity index (χ1n) is 6.06. The Morgan fingerprint density at radius 3 is 2.60 bits per heavy atom. The summed E-state index contributed by atoms with van der Waals surface area (Å²) in [5, 5.41) is 4.21. The lowest BCUT2D eigenvalue weighted by Crippen LogP contribution is -2.18. The van der Waals surface area contributed by atoms with Crippen LogP contribution in [0, 0.1) is 6.92 Å². The number of hydrogen-bond acceptors (Lipinski definition) is 6. The summed E-state index contributed by atoms with van der Waals surface area (Å²) in [5.74, 6) is 0.647. The minimum absolute atomic E-state index is 0.154. The van der Waals surface area contributed by atoms with Crippen LogP contribution in [0.2, 0.25) is 0 Å². The second-order valence-corrected chi connectivity index (χ2v) is 7.33. The number of rotatable bonds is 6. The fourth-order valence-corrected chi connectivity index (χ4v) is 3.04. The third-order valence-corrected chi connectivity index (χ3v) is 5.00. The maximum Gasteiger partial charge on any atom is 0.241 e. The molecule has 0 saturated carbocycles. The van der Waals surface area contributed by atoms with E-state index in [9.17, 15) is 8.42 Å². The van der Waals surface area contributed by atoms with Gasteiger partial charge in [0, 0.05) is 30.2 Å². The van der Waals surface area contributed by atoms with Crippen LogP contribution >= 0.6 is 11.3 Å². The maximum absolute atomic E-state index is 11.5. The highest BCUT2D eigenvalue weighted by atomic mass is 32.2. The van der Waals surface area contributed by atoms with Gasteiger partial charge >= 0.3 is 0 Å². The van der Waals surface area contributed by atoms with Crippen LogP contribution in [0.5, 0.6) is 0 Å². The molecule has 0 spiro atoms. The number of pyridine rings is 1. The molecule has 2 aromatic rings. The monoisotopic (exact) mass is 312 g/mol. The van der Waals surface area contributed by atoms with Crippen LogP contribution in [0.15, 0.2) is 29.4 Å². The van der Waals surface area contributed by atoms with Gasteiger partial charge in [0.15, 0.2) is 0 Å². The lowest BCUT2D eigenvalue weighted by molar-refractivity contribution is 0.588. The third kappa shape index (κ3) is 3.75. The molecule has 0 fully saturated rings. The SMILES string of the molecule is CNS(=O)(=O)c1ccc(NCCc2ncc(C)s2)nc1. The van der Waals surface area contributed by atoms with Crippen LogP contribution in [0.1, 0.15) is 9.88 Å². The highest BCUT2D eigenvalue weighted by Gasteiger charge is 2.11. The Balaban J connectivity index is 1.91. The first-order chi connectivity index (χ1) is 9.51. The van der Waals surface area contributed by atoms with Gasteiger partial charge in [0.25, 0.3) is 0 Å². The van der Waals surface area contributed by atoms with Crippen LogP contribution in [0.4, 0.5) is 5.82 Å². The second kappa shape index (κ2) is 6.29. The third-order valence-electron chi connectivity index (χ3n) is 2.63. The van der Waals surface area contributed by atoms with Gasteiger partial charge in [0.1, 0.15) is 10.7 Å². The highest BCUT2D eigenvalue weighted by molar-refractivity contribution is 7.89. The molecule has 0 aliphatic carbocycles. The van der Waals surface area contributed by atoms with E-state index in [1.807, 2.05) is 13.1 Å². The molecule has 0 aliphatic heterocycles. The zero-order valence-corrected chi connectivity index (χ0v) is 12.9. The number of hydrogen-bond donors (Lipinski definition) is 2. The number of sulfonamides is 1. The molecular formula is C12H16N4O2S2. The molecule has 108 valence electrons. The molecule has 2 aromatic heterocycles. The van der Waals surface area contributed by atoms with Crippen LogP contribution in [-0.2, 0) is 16.4 Å². The minimum Gasteiger partial charge on any atom is -0.370 e. The summed E-state index contributed by atoms with van der Waals surface area (Å²) in [7, 11) is -2.05. The van der Waals surface area contributed by atoms with Gasteiger partial charge in [-0.1, -0.05) is 0 Å². The molecule has 20 heavy (non-hydrogen) atoms. The van der Waals surface area contributed by atoms with Crippen molar-refractivity contribution in [3.8, 4) is 0 Å². The normalized spacial score (nSPS) is 11.5. The number of nitrogens with one attached hydrogen (secondary N) is 2. The van der Waals surface area contributed by atoms with Crippen molar-refractivity contribution in [2.75, 3.05) is 18.9 Å². The Kier molecular flexibility index (Phi) is 4.69. The molecule has 0 bridgehead atoms. The molecule has 0 radical (unpaired) electrons. The van der Waals surface area contributed by atoms with Crippen molar-refractivity contribution in [1.82, 2.24) is 14.7 Å². The molecule has 0 aromatic carbocycles. The van der Waals surface area contributed by atoms with E-state index in [4.69, 9.17) is 0 Å². The Bertz CT molecular complexity index is 665. The van der Waals surface area contributed by atoms with E-state index in [0.29, 0.717) is 12.4 Å². The second-order valence-electron chi connectivity index (χ2n) is 4.13. The first kappa shape index (κ1) is 14.9. The van der Waals surface area contributed by atoms with Gasteiger partial charge in [0.2, 0.25) is 10.0 Å². The van der Waals surface area contributed by atoms with E-state index < -0.39 is 10.0 Å². The van der Waals surface area contributed by atoms with E-state index in [1.54, 1.807) is 17.4 Å². The topological polar surface area (TPSA) is 84.0 Å². The van der Waals surface area contributed by atoms with E-state index in [0.717, 1.165) is 11.4 Å². The van der Waals surface area contributed by atoms with E-state index in [-0.39, 0.29) is 4.90 Å². The average molecular weight is 312 g/mol. The van der Waals surface area contributed by atoms with Crippen molar-refractivity contribution in [3.63, 3.8) is 0 Å². The van der Waals surface area contributed by atoms with Crippen molar-refractivity contribution in [1.29, 1.82) is 0 Å². The molecule has 0 amide bonds. The van der Waals surface area contributed by atoms with Crippen molar-refractivity contribution in [2.45, 2.75) is 18.2 Å². The minimum atomic E-state index is -3.42. The fraction of sp³-hybridized carbons (Fsp3) is 0.333. The smallest absolute Gasteiger partial charge is 0.241 e. The summed E-state index contributed by atoms with van der Waals surface area (Å²) >= 11 is 1.67. The molecule has 0 atom stereocenters. The van der Waals surface area contributed by atoms with Crippen molar-refractivity contribution < 1.29 is 8.42 Å². The lowest BCUT2D eigenvalue weighted by atomic mass is 10.4. The summed E-state index contributed by atoms with van der Waals surface area (Å²) in [6.07, 6.45) is 4.01. The van der Waals surface area contributed by atoms with E-state index in [1.165, 1.54) is 24.2 Å². The predicted molar refractivity (Wildman–Crippen MR) is 79.5 cm³/mol. The number of aromatic nitrogens is 2. The molecule has 0 saturated heterocycles. The van der Waals surface area contributed by atoms with Crippen LogP contribution in [-0.4, -0.2) is 32.0 Å². The molecule has 8 heteroatoms. The highest BCUT2D eigenvalue weighted by Crippen LogP contribution is 2.13. The van der Waals surface area contributed by atoms with E-state index in [2.05, 4.69) is 20.0 Å². The fourth-order valence-electron chi connectivity index (χ4n) is 1.58. The average Bonchev–Trinajstić information content (AvgIpc) is 2.85. The van der Waals surface area contributed by atoms with Gasteiger partial charge < -0.3 is 5.32 Å². The lowest BCUT2D eigenvalue weighted by Gasteiger charge is -2.06. The summed E-state index contributed by atoms with van der Waals surface area (Å²) in [4.78, 5) is 9.71. The van der Waals surface area contributed by atoms with Crippen molar-refractivity contribution in [3.05, 3.63) is 34.4 Å². The molecule has 0 unspecified atom stereocenters. The molecular weight excluding hydrogens is 296 g/mol. The number of nitrogens with zero attached hydrogens (tertiary/aromatic N) is 2. The Morgan fingerprint density at radius 1 is 1.25 bits per heavy atom. The number of aryl methyl sites for hydroxylation is 1. The van der Waals surface area contributed by atoms with E-state index >= 15 is 0 Å².